The van der Waals surface area contributed by atoms with Gasteiger partial charge in [-0.05, 0) is 60.2 Å². The molecule has 8 heteroatoms. The number of halogens is 2. The van der Waals surface area contributed by atoms with E-state index < -0.39 is 0 Å². The predicted octanol–water partition coefficient (Wildman–Crippen LogP) is 6.87. The second-order valence-electron chi connectivity index (χ2n) is 7.24. The van der Waals surface area contributed by atoms with Gasteiger partial charge in [-0.15, -0.1) is 0 Å². The Morgan fingerprint density at radius 2 is 1.91 bits per heavy atom. The van der Waals surface area contributed by atoms with Gasteiger partial charge in [0.15, 0.2) is 0 Å². The number of benzene rings is 3. The van der Waals surface area contributed by atoms with Crippen LogP contribution in [0.2, 0.25) is 5.02 Å². The number of aromatic nitrogens is 3. The summed E-state index contributed by atoms with van der Waals surface area (Å²) in [6, 6.07) is 19.0. The first kappa shape index (κ1) is 20.8. The molecule has 0 bridgehead atoms. The van der Waals surface area contributed by atoms with Gasteiger partial charge in [0.25, 0.3) is 0 Å². The molecule has 2 heterocycles. The number of rotatable bonds is 7. The minimum atomic E-state index is -0.305. The lowest BCUT2D eigenvalue weighted by Gasteiger charge is -2.12. The van der Waals surface area contributed by atoms with Crippen molar-refractivity contribution >= 4 is 34.0 Å². The summed E-state index contributed by atoms with van der Waals surface area (Å²) in [5.41, 5.74) is 2.23. The van der Waals surface area contributed by atoms with Crippen LogP contribution in [0.15, 0.2) is 85.5 Å². The highest BCUT2D eigenvalue weighted by Crippen LogP contribution is 2.32. The van der Waals surface area contributed by atoms with Crippen molar-refractivity contribution in [3.05, 3.63) is 102 Å². The largest absolute Gasteiger partial charge is 0.487 e. The van der Waals surface area contributed by atoms with Gasteiger partial charge in [-0.2, -0.15) is 0 Å². The van der Waals surface area contributed by atoms with Crippen LogP contribution < -0.4 is 14.8 Å². The number of aromatic amines is 1. The summed E-state index contributed by atoms with van der Waals surface area (Å²) in [7, 11) is 0. The number of anilines is 2. The Labute approximate surface area is 194 Å². The number of hydrogen-bond donors (Lipinski definition) is 2. The number of H-pyrrole nitrogens is 1. The van der Waals surface area contributed by atoms with Crippen molar-refractivity contribution in [2.45, 2.75) is 6.61 Å². The van der Waals surface area contributed by atoms with Crippen LogP contribution in [0.1, 0.15) is 5.56 Å². The molecule has 2 aromatic heterocycles. The summed E-state index contributed by atoms with van der Waals surface area (Å²) in [4.78, 5) is 11.7. The molecule has 5 aromatic rings. The standard InChI is InChI=1S/C25H18ClFN4O2/c26-22-11-18(4-7-24(22)32-14-16-2-1-3-17(27)10-16)31-25-21-12-19(33-20-8-9-28-13-20)5-6-23(21)29-15-30-25/h1-13,15,28H,14H2,(H,29,30,31). The van der Waals surface area contributed by atoms with E-state index in [1.807, 2.05) is 30.3 Å². The van der Waals surface area contributed by atoms with E-state index in [2.05, 4.69) is 20.3 Å². The zero-order valence-electron chi connectivity index (χ0n) is 17.3. The van der Waals surface area contributed by atoms with Crippen LogP contribution in [-0.4, -0.2) is 15.0 Å². The topological polar surface area (TPSA) is 72.1 Å². The Balaban J connectivity index is 1.35. The van der Waals surface area contributed by atoms with E-state index in [-0.39, 0.29) is 12.4 Å². The Kier molecular flexibility index (Phi) is 5.78. The third-order valence-electron chi connectivity index (χ3n) is 4.89. The lowest BCUT2D eigenvalue weighted by atomic mass is 10.2. The molecule has 0 unspecified atom stereocenters. The van der Waals surface area contributed by atoms with Gasteiger partial charge < -0.3 is 19.8 Å². The smallest absolute Gasteiger partial charge is 0.144 e. The van der Waals surface area contributed by atoms with Crippen LogP contribution in [0.5, 0.6) is 17.2 Å². The fourth-order valence-electron chi connectivity index (χ4n) is 3.33. The third-order valence-corrected chi connectivity index (χ3v) is 5.19. The Bertz CT molecular complexity index is 1410. The minimum absolute atomic E-state index is 0.213. The molecule has 3 aromatic carbocycles. The van der Waals surface area contributed by atoms with Crippen LogP contribution in [0, 0.1) is 5.82 Å². The molecule has 0 saturated carbocycles. The number of ether oxygens (including phenoxy) is 2. The van der Waals surface area contributed by atoms with Gasteiger partial charge >= 0.3 is 0 Å². The van der Waals surface area contributed by atoms with Crippen molar-refractivity contribution in [1.29, 1.82) is 0 Å². The maximum Gasteiger partial charge on any atom is 0.144 e. The zero-order valence-corrected chi connectivity index (χ0v) is 18.0. The second-order valence-corrected chi connectivity index (χ2v) is 7.65. The number of fused-ring (bicyclic) bond motifs is 1. The van der Waals surface area contributed by atoms with Gasteiger partial charge in [0.2, 0.25) is 0 Å². The van der Waals surface area contributed by atoms with E-state index in [9.17, 15) is 4.39 Å². The summed E-state index contributed by atoms with van der Waals surface area (Å²) in [5, 5.41) is 4.50. The molecule has 0 fully saturated rings. The van der Waals surface area contributed by atoms with Crippen molar-refractivity contribution in [1.82, 2.24) is 15.0 Å². The second kappa shape index (κ2) is 9.18. The van der Waals surface area contributed by atoms with Gasteiger partial charge in [-0.1, -0.05) is 23.7 Å². The SMILES string of the molecule is Fc1cccc(COc2ccc(Nc3ncnc4ccc(Oc5cc[nH]c5)cc34)cc2Cl)c1. The summed E-state index contributed by atoms with van der Waals surface area (Å²) < 4.78 is 25.0. The molecule has 0 aliphatic rings. The van der Waals surface area contributed by atoms with Gasteiger partial charge in [-0.25, -0.2) is 14.4 Å². The lowest BCUT2D eigenvalue weighted by Crippen LogP contribution is -1.99. The molecule has 33 heavy (non-hydrogen) atoms. The van der Waals surface area contributed by atoms with Crippen molar-refractivity contribution in [3.8, 4) is 17.2 Å². The maximum atomic E-state index is 13.4. The molecule has 2 N–H and O–H groups in total. The van der Waals surface area contributed by atoms with Crippen molar-refractivity contribution in [2.75, 3.05) is 5.32 Å². The van der Waals surface area contributed by atoms with Crippen molar-refractivity contribution in [3.63, 3.8) is 0 Å². The minimum Gasteiger partial charge on any atom is -0.487 e. The van der Waals surface area contributed by atoms with Crippen LogP contribution in [0.4, 0.5) is 15.9 Å². The Morgan fingerprint density at radius 3 is 2.73 bits per heavy atom. The fourth-order valence-corrected chi connectivity index (χ4v) is 3.56. The van der Waals surface area contributed by atoms with Crippen molar-refractivity contribution < 1.29 is 13.9 Å². The van der Waals surface area contributed by atoms with Crippen molar-refractivity contribution in [2.24, 2.45) is 0 Å². The fraction of sp³-hybridized carbons (Fsp3) is 0.0400. The number of nitrogens with zero attached hydrogens (tertiary/aromatic N) is 2. The first-order valence-corrected chi connectivity index (χ1v) is 10.5. The first-order valence-electron chi connectivity index (χ1n) is 10.1. The van der Waals surface area contributed by atoms with Gasteiger partial charge in [0.1, 0.15) is 41.8 Å². The van der Waals surface area contributed by atoms with E-state index in [4.69, 9.17) is 21.1 Å². The van der Waals surface area contributed by atoms with Crippen LogP contribution in [0.3, 0.4) is 0 Å². The molecular formula is C25H18ClFN4O2. The molecule has 0 amide bonds. The quantitative estimate of drug-likeness (QED) is 0.277. The third kappa shape index (κ3) is 4.88. The Morgan fingerprint density at radius 1 is 0.970 bits per heavy atom. The highest BCUT2D eigenvalue weighted by atomic mass is 35.5. The molecular weight excluding hydrogens is 443 g/mol. The normalized spacial score (nSPS) is 10.8. The van der Waals surface area contributed by atoms with E-state index in [0.29, 0.717) is 28.1 Å². The molecule has 5 rings (SSSR count). The summed E-state index contributed by atoms with van der Waals surface area (Å²) in [6.07, 6.45) is 5.06. The number of nitrogens with one attached hydrogen (secondary N) is 2. The maximum absolute atomic E-state index is 13.4. The van der Waals surface area contributed by atoms with Crippen LogP contribution in [0.25, 0.3) is 10.9 Å². The van der Waals surface area contributed by atoms with E-state index in [1.165, 1.54) is 18.5 Å². The molecule has 0 aliphatic carbocycles. The van der Waals surface area contributed by atoms with Gasteiger partial charge in [0.05, 0.1) is 10.5 Å². The number of hydrogen-bond acceptors (Lipinski definition) is 5. The molecule has 0 saturated heterocycles. The molecule has 0 aliphatic heterocycles. The lowest BCUT2D eigenvalue weighted by molar-refractivity contribution is 0.306. The van der Waals surface area contributed by atoms with E-state index in [0.717, 1.165) is 22.2 Å². The monoisotopic (exact) mass is 460 g/mol. The van der Waals surface area contributed by atoms with E-state index >= 15 is 0 Å². The average Bonchev–Trinajstić information content (AvgIpc) is 3.32. The molecule has 164 valence electrons. The Hall–Kier alpha value is -4.10. The van der Waals surface area contributed by atoms with Crippen LogP contribution >= 0.6 is 11.6 Å². The van der Waals surface area contributed by atoms with Crippen LogP contribution in [-0.2, 0) is 6.61 Å². The molecule has 6 nitrogen and oxygen atoms in total. The van der Waals surface area contributed by atoms with Gasteiger partial charge in [0, 0.05) is 23.5 Å². The molecule has 0 radical (unpaired) electrons. The van der Waals surface area contributed by atoms with Gasteiger partial charge in [-0.3, -0.25) is 0 Å². The zero-order chi connectivity index (χ0) is 22.6. The summed E-state index contributed by atoms with van der Waals surface area (Å²) in [5.74, 6) is 2.19. The highest BCUT2D eigenvalue weighted by molar-refractivity contribution is 6.32. The molecule has 0 atom stereocenters. The highest BCUT2D eigenvalue weighted by Gasteiger charge is 2.09. The average molecular weight is 461 g/mol. The molecule has 0 spiro atoms. The summed E-state index contributed by atoms with van der Waals surface area (Å²) in [6.45, 7) is 0.213. The van der Waals surface area contributed by atoms with E-state index in [1.54, 1.807) is 36.7 Å². The first-order chi connectivity index (χ1) is 16.1. The summed E-state index contributed by atoms with van der Waals surface area (Å²) >= 11 is 6.42. The predicted molar refractivity (Wildman–Crippen MR) is 126 cm³/mol.